The first-order valence-electron chi connectivity index (χ1n) is 10.3. The molecule has 0 radical (unpaired) electrons. The van der Waals surface area contributed by atoms with E-state index in [1.54, 1.807) is 54.6 Å². The van der Waals surface area contributed by atoms with E-state index in [1.807, 2.05) is 0 Å². The summed E-state index contributed by atoms with van der Waals surface area (Å²) in [4.78, 5) is 46.5. The fraction of sp³-hybridized carbons (Fsp3) is 0.0370. The van der Waals surface area contributed by atoms with Crippen molar-refractivity contribution < 1.29 is 38.5 Å². The topological polar surface area (TPSA) is 116 Å². The first-order chi connectivity index (χ1) is 16.8. The van der Waals surface area contributed by atoms with Crippen LogP contribution in [0.5, 0.6) is 11.5 Å². The van der Waals surface area contributed by atoms with E-state index in [-0.39, 0.29) is 16.9 Å². The molecule has 0 aliphatic rings. The fourth-order valence-electron chi connectivity index (χ4n) is 2.77. The largest absolute Gasteiger partial charge is 0.478 e. The predicted molar refractivity (Wildman–Crippen MR) is 127 cm³/mol. The van der Waals surface area contributed by atoms with Gasteiger partial charge in [0, 0.05) is 12.2 Å². The van der Waals surface area contributed by atoms with Gasteiger partial charge in [-0.1, -0.05) is 24.3 Å². The van der Waals surface area contributed by atoms with E-state index >= 15 is 0 Å². The number of carbonyl (C=O) groups is 4. The van der Waals surface area contributed by atoms with Gasteiger partial charge in [0.25, 0.3) is 0 Å². The Hall–Kier alpha value is -4.98. The van der Waals surface area contributed by atoms with Gasteiger partial charge in [-0.2, -0.15) is 0 Å². The Labute approximate surface area is 200 Å². The molecule has 0 saturated heterocycles. The molecule has 0 fully saturated rings. The molecule has 176 valence electrons. The molecule has 3 aromatic rings. The fourth-order valence-corrected chi connectivity index (χ4v) is 2.77. The SMILES string of the molecule is COC(=O)/C=C/c1ccc(OC(=O)c2ccc(C(=O)Oc3ccc(/C=C/C(=O)O)cc3)cc2)cc1. The molecule has 3 rings (SSSR count). The van der Waals surface area contributed by atoms with Crippen molar-refractivity contribution in [2.24, 2.45) is 0 Å². The quantitative estimate of drug-likeness (QED) is 0.291. The van der Waals surface area contributed by atoms with Crippen LogP contribution in [0, 0.1) is 0 Å². The summed E-state index contributed by atoms with van der Waals surface area (Å²) in [6.07, 6.45) is 5.28. The van der Waals surface area contributed by atoms with Gasteiger partial charge in [-0.3, -0.25) is 0 Å². The average Bonchev–Trinajstić information content (AvgIpc) is 2.87. The minimum Gasteiger partial charge on any atom is -0.478 e. The highest BCUT2D eigenvalue weighted by atomic mass is 16.5. The number of carboxylic acids is 1. The molecule has 8 nitrogen and oxygen atoms in total. The first kappa shape index (κ1) is 24.7. The molecule has 1 N–H and O–H groups in total. The molecule has 35 heavy (non-hydrogen) atoms. The van der Waals surface area contributed by atoms with Gasteiger partial charge in [-0.15, -0.1) is 0 Å². The van der Waals surface area contributed by atoms with E-state index in [0.717, 1.165) is 11.6 Å². The monoisotopic (exact) mass is 472 g/mol. The average molecular weight is 472 g/mol. The number of hydrogen-bond donors (Lipinski definition) is 1. The van der Waals surface area contributed by atoms with Crippen LogP contribution in [0.2, 0.25) is 0 Å². The number of ether oxygens (including phenoxy) is 3. The van der Waals surface area contributed by atoms with Crippen molar-refractivity contribution in [1.29, 1.82) is 0 Å². The molecule has 0 aromatic heterocycles. The van der Waals surface area contributed by atoms with Gasteiger partial charge in [0.15, 0.2) is 0 Å². The van der Waals surface area contributed by atoms with Gasteiger partial charge in [-0.25, -0.2) is 19.2 Å². The smallest absolute Gasteiger partial charge is 0.343 e. The number of hydrogen-bond acceptors (Lipinski definition) is 7. The predicted octanol–water partition coefficient (Wildman–Crippen LogP) is 4.41. The summed E-state index contributed by atoms with van der Waals surface area (Å²) < 4.78 is 15.2. The van der Waals surface area contributed by atoms with Crippen LogP contribution in [0.3, 0.4) is 0 Å². The molecular weight excluding hydrogens is 452 g/mol. The Balaban J connectivity index is 1.57. The highest BCUT2D eigenvalue weighted by Gasteiger charge is 2.12. The van der Waals surface area contributed by atoms with E-state index in [9.17, 15) is 19.2 Å². The number of aliphatic carboxylic acids is 1. The highest BCUT2D eigenvalue weighted by Crippen LogP contribution is 2.18. The van der Waals surface area contributed by atoms with Crippen LogP contribution >= 0.6 is 0 Å². The lowest BCUT2D eigenvalue weighted by atomic mass is 10.1. The minimum atomic E-state index is -1.06. The van der Waals surface area contributed by atoms with Crippen molar-refractivity contribution in [2.75, 3.05) is 7.11 Å². The molecule has 0 aliphatic heterocycles. The molecule has 3 aromatic carbocycles. The third-order valence-corrected chi connectivity index (χ3v) is 4.57. The van der Waals surface area contributed by atoms with E-state index in [0.29, 0.717) is 11.3 Å². The summed E-state index contributed by atoms with van der Waals surface area (Å²) in [7, 11) is 1.29. The number of carbonyl (C=O) groups excluding carboxylic acids is 3. The van der Waals surface area contributed by atoms with Crippen molar-refractivity contribution >= 4 is 36.0 Å². The molecule has 0 bridgehead atoms. The van der Waals surface area contributed by atoms with E-state index in [1.165, 1.54) is 43.5 Å². The summed E-state index contributed by atoms with van der Waals surface area (Å²) in [5.74, 6) is -2.15. The Morgan fingerprint density at radius 1 is 0.629 bits per heavy atom. The molecule has 0 heterocycles. The van der Waals surface area contributed by atoms with Gasteiger partial charge in [0.05, 0.1) is 18.2 Å². The van der Waals surface area contributed by atoms with Crippen LogP contribution in [0.4, 0.5) is 0 Å². The molecule has 0 spiro atoms. The maximum atomic E-state index is 12.4. The third-order valence-electron chi connectivity index (χ3n) is 4.57. The van der Waals surface area contributed by atoms with E-state index in [2.05, 4.69) is 4.74 Å². The number of rotatable bonds is 8. The summed E-state index contributed by atoms with van der Waals surface area (Å²) in [6.45, 7) is 0. The van der Waals surface area contributed by atoms with Crippen LogP contribution < -0.4 is 9.47 Å². The molecule has 8 heteroatoms. The number of benzene rings is 3. The second-order valence-corrected chi connectivity index (χ2v) is 7.02. The van der Waals surface area contributed by atoms with Crippen LogP contribution in [-0.4, -0.2) is 36.1 Å². The van der Waals surface area contributed by atoms with Crippen molar-refractivity contribution in [2.45, 2.75) is 0 Å². The van der Waals surface area contributed by atoms with Gasteiger partial charge in [0.2, 0.25) is 0 Å². The van der Waals surface area contributed by atoms with Crippen LogP contribution in [-0.2, 0) is 14.3 Å². The lowest BCUT2D eigenvalue weighted by molar-refractivity contribution is -0.135. The Kier molecular flexibility index (Phi) is 8.28. The molecule has 0 atom stereocenters. The van der Waals surface area contributed by atoms with Crippen LogP contribution in [0.25, 0.3) is 12.2 Å². The zero-order valence-electron chi connectivity index (χ0n) is 18.5. The number of esters is 3. The standard InChI is InChI=1S/C27H20O8/c1-33-25(30)17-7-19-4-14-23(15-5-19)35-27(32)21-10-8-20(9-11-21)26(31)34-22-12-2-18(3-13-22)6-16-24(28)29/h2-17H,1H3,(H,28,29)/b16-6+,17-7+. The van der Waals surface area contributed by atoms with Crippen molar-refractivity contribution in [1.82, 2.24) is 0 Å². The van der Waals surface area contributed by atoms with Gasteiger partial charge >= 0.3 is 23.9 Å². The molecule has 0 aliphatic carbocycles. The lowest BCUT2D eigenvalue weighted by Crippen LogP contribution is -2.11. The number of methoxy groups -OCH3 is 1. The molecule has 0 saturated carbocycles. The van der Waals surface area contributed by atoms with Gasteiger partial charge in [0.1, 0.15) is 11.5 Å². The zero-order chi connectivity index (χ0) is 25.2. The second-order valence-electron chi connectivity index (χ2n) is 7.02. The van der Waals surface area contributed by atoms with Gasteiger partial charge < -0.3 is 19.3 Å². The molecule has 0 unspecified atom stereocenters. The maximum absolute atomic E-state index is 12.4. The van der Waals surface area contributed by atoms with Gasteiger partial charge in [-0.05, 0) is 71.8 Å². The van der Waals surface area contributed by atoms with E-state index < -0.39 is 23.9 Å². The van der Waals surface area contributed by atoms with Crippen LogP contribution in [0.15, 0.2) is 84.9 Å². The summed E-state index contributed by atoms with van der Waals surface area (Å²) in [5, 5.41) is 8.65. The maximum Gasteiger partial charge on any atom is 0.343 e. The van der Waals surface area contributed by atoms with E-state index in [4.69, 9.17) is 14.6 Å². The number of carboxylic acid groups (broad SMARTS) is 1. The Morgan fingerprint density at radius 2 is 1.03 bits per heavy atom. The lowest BCUT2D eigenvalue weighted by Gasteiger charge is -2.07. The van der Waals surface area contributed by atoms with Crippen molar-refractivity contribution in [3.05, 3.63) is 107 Å². The highest BCUT2D eigenvalue weighted by molar-refractivity contribution is 5.95. The normalized spacial score (nSPS) is 10.8. The summed E-state index contributed by atoms with van der Waals surface area (Å²) in [6, 6.07) is 18.6. The molecular formula is C27H20O8. The van der Waals surface area contributed by atoms with Crippen molar-refractivity contribution in [3.8, 4) is 11.5 Å². The zero-order valence-corrected chi connectivity index (χ0v) is 18.5. The molecule has 0 amide bonds. The summed E-state index contributed by atoms with van der Waals surface area (Å²) in [5.41, 5.74) is 1.84. The summed E-state index contributed by atoms with van der Waals surface area (Å²) >= 11 is 0. The first-order valence-corrected chi connectivity index (χ1v) is 10.3. The minimum absolute atomic E-state index is 0.234. The van der Waals surface area contributed by atoms with Crippen LogP contribution in [0.1, 0.15) is 31.8 Å². The Bertz CT molecular complexity index is 1270. The van der Waals surface area contributed by atoms with Crippen molar-refractivity contribution in [3.63, 3.8) is 0 Å². The second kappa shape index (κ2) is 11.8. The Morgan fingerprint density at radius 3 is 1.40 bits per heavy atom. The third kappa shape index (κ3) is 7.54.